The van der Waals surface area contributed by atoms with Crippen molar-refractivity contribution in [3.05, 3.63) is 29.8 Å². The standard InChI is InChI=1S/C10H13NO2/c1-13-10(12)9-6-7-4-2-3-5-8(7)11-9/h2-5,9-12H,6H2,1H3. The zero-order chi connectivity index (χ0) is 9.26. The van der Waals surface area contributed by atoms with Crippen LogP contribution in [0.4, 0.5) is 5.69 Å². The number of aliphatic hydroxyl groups is 1. The van der Waals surface area contributed by atoms with Gasteiger partial charge in [-0.3, -0.25) is 0 Å². The highest BCUT2D eigenvalue weighted by Crippen LogP contribution is 2.26. The van der Waals surface area contributed by atoms with Gasteiger partial charge in [0.2, 0.25) is 0 Å². The van der Waals surface area contributed by atoms with E-state index in [1.165, 1.54) is 12.7 Å². The lowest BCUT2D eigenvalue weighted by molar-refractivity contribution is -0.0835. The SMILES string of the molecule is COC(O)C1Cc2ccccc2N1. The van der Waals surface area contributed by atoms with Gasteiger partial charge in [-0.25, -0.2) is 0 Å². The van der Waals surface area contributed by atoms with Crippen molar-refractivity contribution in [2.45, 2.75) is 18.8 Å². The van der Waals surface area contributed by atoms with Crippen LogP contribution in [-0.2, 0) is 11.2 Å². The maximum atomic E-state index is 9.45. The molecule has 1 heterocycles. The average molecular weight is 179 g/mol. The molecule has 0 saturated heterocycles. The zero-order valence-electron chi connectivity index (χ0n) is 7.53. The first kappa shape index (κ1) is 8.53. The van der Waals surface area contributed by atoms with Crippen LogP contribution in [0.3, 0.4) is 0 Å². The third-order valence-electron chi connectivity index (χ3n) is 2.38. The molecule has 2 atom stereocenters. The second-order valence-corrected chi connectivity index (χ2v) is 3.24. The Kier molecular flexibility index (Phi) is 2.20. The summed E-state index contributed by atoms with van der Waals surface area (Å²) in [5.74, 6) is 0. The maximum absolute atomic E-state index is 9.45. The molecule has 3 heteroatoms. The highest BCUT2D eigenvalue weighted by atomic mass is 16.6. The molecule has 0 radical (unpaired) electrons. The molecule has 13 heavy (non-hydrogen) atoms. The highest BCUT2D eigenvalue weighted by Gasteiger charge is 2.25. The number of nitrogens with one attached hydrogen (secondary N) is 1. The molecule has 0 saturated carbocycles. The summed E-state index contributed by atoms with van der Waals surface area (Å²) in [5.41, 5.74) is 2.34. The summed E-state index contributed by atoms with van der Waals surface area (Å²) in [6.07, 6.45) is 0.0953. The van der Waals surface area contributed by atoms with Crippen LogP contribution in [0.25, 0.3) is 0 Å². The van der Waals surface area contributed by atoms with Crippen LogP contribution < -0.4 is 5.32 Å². The summed E-state index contributed by atoms with van der Waals surface area (Å²) in [6, 6.07) is 8.04. The van der Waals surface area contributed by atoms with Gasteiger partial charge in [0.25, 0.3) is 0 Å². The van der Waals surface area contributed by atoms with Crippen LogP contribution >= 0.6 is 0 Å². The van der Waals surface area contributed by atoms with E-state index < -0.39 is 6.29 Å². The van der Waals surface area contributed by atoms with Crippen molar-refractivity contribution in [1.29, 1.82) is 0 Å². The lowest BCUT2D eigenvalue weighted by Crippen LogP contribution is -2.32. The molecule has 0 bridgehead atoms. The Labute approximate surface area is 77.3 Å². The smallest absolute Gasteiger partial charge is 0.174 e. The van der Waals surface area contributed by atoms with Gasteiger partial charge in [0.1, 0.15) is 0 Å². The molecule has 0 spiro atoms. The molecule has 0 fully saturated rings. The van der Waals surface area contributed by atoms with Gasteiger partial charge in [-0.2, -0.15) is 0 Å². The van der Waals surface area contributed by atoms with Crippen molar-refractivity contribution in [1.82, 2.24) is 0 Å². The molecule has 2 unspecified atom stereocenters. The Morgan fingerprint density at radius 2 is 2.31 bits per heavy atom. The fraction of sp³-hybridized carbons (Fsp3) is 0.400. The number of rotatable bonds is 2. The van der Waals surface area contributed by atoms with Crippen LogP contribution in [0.2, 0.25) is 0 Å². The van der Waals surface area contributed by atoms with Crippen molar-refractivity contribution < 1.29 is 9.84 Å². The minimum absolute atomic E-state index is 0.0117. The van der Waals surface area contributed by atoms with Crippen molar-refractivity contribution in [3.63, 3.8) is 0 Å². The Morgan fingerprint density at radius 3 is 3.00 bits per heavy atom. The molecule has 0 aromatic heterocycles. The number of aliphatic hydroxyl groups excluding tert-OH is 1. The lowest BCUT2D eigenvalue weighted by Gasteiger charge is -2.16. The lowest BCUT2D eigenvalue weighted by atomic mass is 10.1. The van der Waals surface area contributed by atoms with Crippen molar-refractivity contribution >= 4 is 5.69 Å². The van der Waals surface area contributed by atoms with E-state index in [0.717, 1.165) is 12.1 Å². The molecule has 2 N–H and O–H groups in total. The maximum Gasteiger partial charge on any atom is 0.174 e. The van der Waals surface area contributed by atoms with E-state index in [2.05, 4.69) is 11.4 Å². The zero-order valence-corrected chi connectivity index (χ0v) is 7.53. The van der Waals surface area contributed by atoms with E-state index in [1.54, 1.807) is 0 Å². The number of hydrogen-bond acceptors (Lipinski definition) is 3. The molecule has 3 nitrogen and oxygen atoms in total. The van der Waals surface area contributed by atoms with E-state index in [-0.39, 0.29) is 6.04 Å². The molecule has 1 aromatic rings. The molecule has 2 rings (SSSR count). The number of benzene rings is 1. The number of fused-ring (bicyclic) bond motifs is 1. The number of para-hydroxylation sites is 1. The fourth-order valence-corrected chi connectivity index (χ4v) is 1.66. The van der Waals surface area contributed by atoms with Crippen LogP contribution in [-0.4, -0.2) is 24.5 Å². The Balaban J connectivity index is 2.14. The second kappa shape index (κ2) is 3.36. The van der Waals surface area contributed by atoms with Crippen molar-refractivity contribution in [2.75, 3.05) is 12.4 Å². The summed E-state index contributed by atoms with van der Waals surface area (Å²) < 4.78 is 4.86. The number of ether oxygens (including phenoxy) is 1. The van der Waals surface area contributed by atoms with Gasteiger partial charge in [0, 0.05) is 12.8 Å². The predicted octanol–water partition coefficient (Wildman–Crippen LogP) is 0.988. The third-order valence-corrected chi connectivity index (χ3v) is 2.38. The number of anilines is 1. The molecule has 1 aliphatic rings. The van der Waals surface area contributed by atoms with Crippen molar-refractivity contribution in [3.8, 4) is 0 Å². The van der Waals surface area contributed by atoms with E-state index in [0.29, 0.717) is 0 Å². The van der Waals surface area contributed by atoms with Crippen LogP contribution in [0.1, 0.15) is 5.56 Å². The third kappa shape index (κ3) is 1.53. The van der Waals surface area contributed by atoms with Crippen molar-refractivity contribution in [2.24, 2.45) is 0 Å². The van der Waals surface area contributed by atoms with E-state index in [1.807, 2.05) is 18.2 Å². The van der Waals surface area contributed by atoms with Gasteiger partial charge < -0.3 is 15.2 Å². The molecular formula is C10H13NO2. The number of hydrogen-bond donors (Lipinski definition) is 2. The summed E-state index contributed by atoms with van der Waals surface area (Å²) in [7, 11) is 1.51. The van der Waals surface area contributed by atoms with Gasteiger partial charge in [0.15, 0.2) is 6.29 Å². The molecule has 0 aliphatic carbocycles. The summed E-state index contributed by atoms with van der Waals surface area (Å²) in [5, 5.41) is 12.7. The normalized spacial score (nSPS) is 22.2. The van der Waals surface area contributed by atoms with Gasteiger partial charge in [-0.05, 0) is 18.1 Å². The average Bonchev–Trinajstić information content (AvgIpc) is 2.59. The summed E-state index contributed by atoms with van der Waals surface area (Å²) in [6.45, 7) is 0. The monoisotopic (exact) mass is 179 g/mol. The minimum Gasteiger partial charge on any atom is -0.377 e. The van der Waals surface area contributed by atoms with Gasteiger partial charge in [0.05, 0.1) is 6.04 Å². The number of methoxy groups -OCH3 is 1. The molecule has 1 aliphatic heterocycles. The topological polar surface area (TPSA) is 41.5 Å². The largest absolute Gasteiger partial charge is 0.377 e. The summed E-state index contributed by atoms with van der Waals surface area (Å²) >= 11 is 0. The minimum atomic E-state index is -0.729. The molecular weight excluding hydrogens is 166 g/mol. The first-order valence-corrected chi connectivity index (χ1v) is 4.36. The second-order valence-electron chi connectivity index (χ2n) is 3.24. The Morgan fingerprint density at radius 1 is 1.54 bits per heavy atom. The van der Waals surface area contributed by atoms with Crippen LogP contribution in [0, 0.1) is 0 Å². The van der Waals surface area contributed by atoms with E-state index in [4.69, 9.17) is 4.74 Å². The molecule has 0 amide bonds. The highest BCUT2D eigenvalue weighted by molar-refractivity contribution is 5.56. The molecule has 1 aromatic carbocycles. The fourth-order valence-electron chi connectivity index (χ4n) is 1.66. The quantitative estimate of drug-likeness (QED) is 0.665. The van der Waals surface area contributed by atoms with E-state index in [9.17, 15) is 5.11 Å². The van der Waals surface area contributed by atoms with E-state index >= 15 is 0 Å². The van der Waals surface area contributed by atoms with Crippen LogP contribution in [0.15, 0.2) is 24.3 Å². The Bertz CT molecular complexity index is 276. The first-order chi connectivity index (χ1) is 6.31. The molecule has 70 valence electrons. The predicted molar refractivity (Wildman–Crippen MR) is 50.6 cm³/mol. The van der Waals surface area contributed by atoms with Crippen LogP contribution in [0.5, 0.6) is 0 Å². The first-order valence-electron chi connectivity index (χ1n) is 4.36. The summed E-state index contributed by atoms with van der Waals surface area (Å²) in [4.78, 5) is 0. The van der Waals surface area contributed by atoms with Gasteiger partial charge in [-0.15, -0.1) is 0 Å². The van der Waals surface area contributed by atoms with Gasteiger partial charge in [-0.1, -0.05) is 18.2 Å². The Hall–Kier alpha value is -1.06. The van der Waals surface area contributed by atoms with Gasteiger partial charge >= 0.3 is 0 Å².